The van der Waals surface area contributed by atoms with Gasteiger partial charge in [0.25, 0.3) is 0 Å². The van der Waals surface area contributed by atoms with Crippen molar-refractivity contribution in [1.82, 2.24) is 10.2 Å². The van der Waals surface area contributed by atoms with Crippen LogP contribution in [0.15, 0.2) is 0 Å². The van der Waals surface area contributed by atoms with Crippen LogP contribution in [0.4, 0.5) is 0 Å². The van der Waals surface area contributed by atoms with Crippen LogP contribution in [-0.2, 0) is 4.79 Å². The minimum Gasteiger partial charge on any atom is -0.368 e. The molecule has 0 aliphatic carbocycles. The zero-order valence-electron chi connectivity index (χ0n) is 7.71. The Kier molecular flexibility index (Phi) is 3.05. The smallest absolute Gasteiger partial charge is 0.234 e. The Morgan fingerprint density at radius 1 is 1.50 bits per heavy atom. The molecule has 1 rings (SSSR count). The average Bonchev–Trinajstić information content (AvgIpc) is 2.04. The first-order valence-electron chi connectivity index (χ1n) is 4.30. The number of nitrogens with one attached hydrogen (secondary N) is 1. The van der Waals surface area contributed by atoms with Gasteiger partial charge in [0.15, 0.2) is 0 Å². The van der Waals surface area contributed by atoms with E-state index >= 15 is 0 Å². The second-order valence-electron chi connectivity index (χ2n) is 3.56. The van der Waals surface area contributed by atoms with Crippen LogP contribution in [0.3, 0.4) is 0 Å². The topological polar surface area (TPSA) is 58.4 Å². The molecule has 0 radical (unpaired) electrons. The molecule has 1 amide bonds. The molecule has 0 bridgehead atoms. The lowest BCUT2D eigenvalue weighted by Gasteiger charge is -2.32. The average molecular weight is 171 g/mol. The first-order valence-corrected chi connectivity index (χ1v) is 4.30. The second kappa shape index (κ2) is 3.87. The zero-order valence-corrected chi connectivity index (χ0v) is 7.71. The molecule has 70 valence electrons. The first-order chi connectivity index (χ1) is 5.61. The van der Waals surface area contributed by atoms with Crippen molar-refractivity contribution >= 4 is 5.91 Å². The minimum absolute atomic E-state index is 0.110. The van der Waals surface area contributed by atoms with Crippen molar-refractivity contribution in [2.75, 3.05) is 20.6 Å². The number of carbonyl (C=O) groups excluding carboxylic acids is 1. The summed E-state index contributed by atoms with van der Waals surface area (Å²) in [4.78, 5) is 12.9. The van der Waals surface area contributed by atoms with E-state index in [1.165, 1.54) is 0 Å². The van der Waals surface area contributed by atoms with Gasteiger partial charge in [0.2, 0.25) is 5.91 Å². The number of piperidine rings is 1. The maximum absolute atomic E-state index is 10.8. The molecule has 3 N–H and O–H groups in total. The molecule has 2 unspecified atom stereocenters. The standard InChI is InChI=1S/C8H17N3O/c1-11(2)6-3-4-7(8(9)12)10-5-6/h6-7,10H,3-5H2,1-2H3,(H2,9,12). The zero-order chi connectivity index (χ0) is 9.14. The Hall–Kier alpha value is -0.610. The van der Waals surface area contributed by atoms with Crippen LogP contribution in [-0.4, -0.2) is 43.5 Å². The number of rotatable bonds is 2. The predicted octanol–water partition coefficient (Wildman–Crippen LogP) is -0.846. The molecule has 1 heterocycles. The summed E-state index contributed by atoms with van der Waals surface area (Å²) in [5.74, 6) is -0.229. The van der Waals surface area contributed by atoms with Crippen LogP contribution < -0.4 is 11.1 Å². The Bertz CT molecular complexity index is 162. The monoisotopic (exact) mass is 171 g/mol. The Labute approximate surface area is 73.1 Å². The molecule has 0 saturated carbocycles. The van der Waals surface area contributed by atoms with Crippen molar-refractivity contribution in [3.8, 4) is 0 Å². The molecule has 4 nitrogen and oxygen atoms in total. The summed E-state index contributed by atoms with van der Waals surface area (Å²) >= 11 is 0. The molecule has 1 fully saturated rings. The fraction of sp³-hybridized carbons (Fsp3) is 0.875. The number of nitrogens with zero attached hydrogens (tertiary/aromatic N) is 1. The largest absolute Gasteiger partial charge is 0.368 e. The van der Waals surface area contributed by atoms with Gasteiger partial charge in [-0.25, -0.2) is 0 Å². The van der Waals surface area contributed by atoms with Gasteiger partial charge in [0, 0.05) is 12.6 Å². The van der Waals surface area contributed by atoms with Gasteiger partial charge in [-0.3, -0.25) is 4.79 Å². The summed E-state index contributed by atoms with van der Waals surface area (Å²) in [6, 6.07) is 0.432. The second-order valence-corrected chi connectivity index (χ2v) is 3.56. The van der Waals surface area contributed by atoms with Gasteiger partial charge in [-0.1, -0.05) is 0 Å². The number of likely N-dealkylation sites (N-methyl/N-ethyl adjacent to an activating group) is 1. The first kappa shape index (κ1) is 9.48. The Morgan fingerprint density at radius 2 is 2.17 bits per heavy atom. The lowest BCUT2D eigenvalue weighted by Crippen LogP contribution is -2.52. The molecule has 0 aromatic heterocycles. The summed E-state index contributed by atoms with van der Waals surface area (Å²) in [7, 11) is 4.11. The summed E-state index contributed by atoms with van der Waals surface area (Å²) < 4.78 is 0. The summed E-state index contributed by atoms with van der Waals surface area (Å²) in [5.41, 5.74) is 5.17. The maximum Gasteiger partial charge on any atom is 0.234 e. The predicted molar refractivity (Wildman–Crippen MR) is 47.7 cm³/mol. The molecule has 0 aromatic carbocycles. The van der Waals surface area contributed by atoms with Crippen LogP contribution in [0.5, 0.6) is 0 Å². The van der Waals surface area contributed by atoms with Crippen molar-refractivity contribution in [2.24, 2.45) is 5.73 Å². The minimum atomic E-state index is -0.229. The number of hydrogen-bond donors (Lipinski definition) is 2. The van der Waals surface area contributed by atoms with E-state index in [4.69, 9.17) is 5.73 Å². The highest BCUT2D eigenvalue weighted by Gasteiger charge is 2.24. The van der Waals surface area contributed by atoms with Crippen LogP contribution in [0.25, 0.3) is 0 Å². The molecule has 1 aliphatic heterocycles. The molecule has 1 saturated heterocycles. The van der Waals surface area contributed by atoms with Crippen LogP contribution in [0, 0.1) is 0 Å². The summed E-state index contributed by atoms with van der Waals surface area (Å²) in [5, 5.41) is 3.13. The SMILES string of the molecule is CN(C)C1CCC(C(N)=O)NC1. The molecular formula is C8H17N3O. The third-order valence-electron chi connectivity index (χ3n) is 2.46. The number of primary amides is 1. The molecule has 2 atom stereocenters. The van der Waals surface area contributed by atoms with E-state index in [0.29, 0.717) is 6.04 Å². The van der Waals surface area contributed by atoms with Crippen LogP contribution >= 0.6 is 0 Å². The van der Waals surface area contributed by atoms with E-state index in [1.807, 2.05) is 0 Å². The summed E-state index contributed by atoms with van der Waals surface area (Å²) in [6.07, 6.45) is 1.91. The normalized spacial score (nSPS) is 30.6. The van der Waals surface area contributed by atoms with Gasteiger partial charge in [0.05, 0.1) is 6.04 Å². The van der Waals surface area contributed by atoms with E-state index in [1.54, 1.807) is 0 Å². The Morgan fingerprint density at radius 3 is 2.50 bits per heavy atom. The summed E-state index contributed by atoms with van der Waals surface area (Å²) in [6.45, 7) is 0.862. The molecule has 0 aromatic rings. The molecule has 1 aliphatic rings. The highest BCUT2D eigenvalue weighted by Crippen LogP contribution is 2.10. The lowest BCUT2D eigenvalue weighted by atomic mass is 10.00. The van der Waals surface area contributed by atoms with Gasteiger partial charge in [-0.2, -0.15) is 0 Å². The van der Waals surface area contributed by atoms with Gasteiger partial charge in [-0.15, -0.1) is 0 Å². The number of nitrogens with two attached hydrogens (primary N) is 1. The molecular weight excluding hydrogens is 154 g/mol. The van der Waals surface area contributed by atoms with E-state index in [-0.39, 0.29) is 11.9 Å². The van der Waals surface area contributed by atoms with Crippen molar-refractivity contribution < 1.29 is 4.79 Å². The van der Waals surface area contributed by atoms with Crippen molar-refractivity contribution in [1.29, 1.82) is 0 Å². The van der Waals surface area contributed by atoms with E-state index < -0.39 is 0 Å². The number of amides is 1. The fourth-order valence-electron chi connectivity index (χ4n) is 1.53. The highest BCUT2D eigenvalue weighted by atomic mass is 16.1. The quantitative estimate of drug-likeness (QED) is 0.569. The van der Waals surface area contributed by atoms with Crippen molar-refractivity contribution in [3.63, 3.8) is 0 Å². The number of hydrogen-bond acceptors (Lipinski definition) is 3. The third kappa shape index (κ3) is 2.19. The number of carbonyl (C=O) groups is 1. The molecule has 4 heteroatoms. The molecule has 0 spiro atoms. The van der Waals surface area contributed by atoms with Crippen molar-refractivity contribution in [3.05, 3.63) is 0 Å². The highest BCUT2D eigenvalue weighted by molar-refractivity contribution is 5.79. The van der Waals surface area contributed by atoms with Crippen molar-refractivity contribution in [2.45, 2.75) is 24.9 Å². The van der Waals surface area contributed by atoms with Gasteiger partial charge >= 0.3 is 0 Å². The van der Waals surface area contributed by atoms with Crippen LogP contribution in [0.2, 0.25) is 0 Å². The molecule has 12 heavy (non-hydrogen) atoms. The van der Waals surface area contributed by atoms with Gasteiger partial charge in [0.1, 0.15) is 0 Å². The maximum atomic E-state index is 10.8. The third-order valence-corrected chi connectivity index (χ3v) is 2.46. The van der Waals surface area contributed by atoms with E-state index in [0.717, 1.165) is 19.4 Å². The Balaban J connectivity index is 2.34. The van der Waals surface area contributed by atoms with Gasteiger partial charge in [-0.05, 0) is 26.9 Å². The van der Waals surface area contributed by atoms with Crippen LogP contribution in [0.1, 0.15) is 12.8 Å². The fourth-order valence-corrected chi connectivity index (χ4v) is 1.53. The lowest BCUT2D eigenvalue weighted by molar-refractivity contribution is -0.120. The van der Waals surface area contributed by atoms with Gasteiger partial charge < -0.3 is 16.0 Å². The van der Waals surface area contributed by atoms with E-state index in [2.05, 4.69) is 24.3 Å². The van der Waals surface area contributed by atoms with E-state index in [9.17, 15) is 4.79 Å².